The van der Waals surface area contributed by atoms with Crippen molar-refractivity contribution in [3.63, 3.8) is 0 Å². The molecule has 0 aliphatic rings. The van der Waals surface area contributed by atoms with Crippen molar-refractivity contribution < 1.29 is 14.3 Å². The van der Waals surface area contributed by atoms with Crippen LogP contribution in [0, 0.1) is 6.92 Å². The van der Waals surface area contributed by atoms with E-state index in [0.717, 1.165) is 37.0 Å². The smallest absolute Gasteiger partial charge is 0.372 e. The van der Waals surface area contributed by atoms with Crippen LogP contribution in [-0.2, 0) is 13.0 Å². The molecule has 0 aliphatic heterocycles. The molecule has 0 atom stereocenters. The van der Waals surface area contributed by atoms with Gasteiger partial charge in [0.15, 0.2) is 0 Å². The van der Waals surface area contributed by atoms with E-state index in [0.29, 0.717) is 11.1 Å². The topological polar surface area (TPSA) is 53.7 Å². The summed E-state index contributed by atoms with van der Waals surface area (Å²) in [7, 11) is 0. The van der Waals surface area contributed by atoms with E-state index >= 15 is 0 Å². The molecule has 0 aliphatic carbocycles. The molecule has 4 nitrogen and oxygen atoms in total. The van der Waals surface area contributed by atoms with Gasteiger partial charge in [0.2, 0.25) is 5.76 Å². The van der Waals surface area contributed by atoms with Crippen LogP contribution in [0.15, 0.2) is 16.5 Å². The van der Waals surface area contributed by atoms with Crippen LogP contribution in [0.4, 0.5) is 0 Å². The van der Waals surface area contributed by atoms with Gasteiger partial charge in [-0.1, -0.05) is 26.8 Å². The van der Waals surface area contributed by atoms with Gasteiger partial charge in [-0.3, -0.25) is 4.90 Å². The first-order chi connectivity index (χ1) is 10.0. The van der Waals surface area contributed by atoms with E-state index in [1.807, 2.05) is 13.0 Å². The van der Waals surface area contributed by atoms with E-state index in [1.54, 1.807) is 0 Å². The molecule has 0 spiro atoms. The Kier molecular flexibility index (Phi) is 4.68. The molecule has 0 amide bonds. The van der Waals surface area contributed by atoms with E-state index in [1.165, 1.54) is 5.56 Å². The lowest BCUT2D eigenvalue weighted by molar-refractivity contribution is 0.0664. The van der Waals surface area contributed by atoms with Crippen LogP contribution in [-0.4, -0.2) is 29.1 Å². The fourth-order valence-electron chi connectivity index (χ4n) is 2.67. The molecule has 1 heterocycles. The minimum Gasteiger partial charge on any atom is -0.475 e. The van der Waals surface area contributed by atoms with Crippen molar-refractivity contribution in [2.75, 3.05) is 13.1 Å². The number of fused-ring (bicyclic) bond motifs is 1. The first kappa shape index (κ1) is 15.6. The molecule has 2 aromatic rings. The number of aromatic carboxylic acids is 1. The second-order valence-electron chi connectivity index (χ2n) is 5.31. The van der Waals surface area contributed by atoms with Crippen LogP contribution in [0.25, 0.3) is 11.0 Å². The molecule has 21 heavy (non-hydrogen) atoms. The second-order valence-corrected chi connectivity index (χ2v) is 5.31. The monoisotopic (exact) mass is 289 g/mol. The Bertz CT molecular complexity index is 654. The largest absolute Gasteiger partial charge is 0.475 e. The van der Waals surface area contributed by atoms with Crippen LogP contribution in [0.1, 0.15) is 48.0 Å². The minimum atomic E-state index is -1.00. The molecule has 0 saturated carbocycles. The highest BCUT2D eigenvalue weighted by Gasteiger charge is 2.20. The third-order valence-electron chi connectivity index (χ3n) is 4.07. The predicted molar refractivity (Wildman–Crippen MR) is 83.9 cm³/mol. The zero-order valence-corrected chi connectivity index (χ0v) is 13.2. The normalized spacial score (nSPS) is 11.5. The number of carboxylic acids is 1. The molecule has 0 radical (unpaired) electrons. The second kappa shape index (κ2) is 6.31. The lowest BCUT2D eigenvalue weighted by Gasteiger charge is -2.18. The van der Waals surface area contributed by atoms with Crippen molar-refractivity contribution in [2.45, 2.75) is 40.7 Å². The van der Waals surface area contributed by atoms with Gasteiger partial charge in [0.25, 0.3) is 0 Å². The fraction of sp³-hybridized carbons (Fsp3) is 0.471. The summed E-state index contributed by atoms with van der Waals surface area (Å²) in [5, 5.41) is 10.2. The highest BCUT2D eigenvalue weighted by Crippen LogP contribution is 2.30. The number of rotatable bonds is 6. The number of nitrogens with zero attached hydrogens (tertiary/aromatic N) is 1. The number of hydrogen-bond donors (Lipinski definition) is 1. The number of carbonyl (C=O) groups is 1. The fourth-order valence-corrected chi connectivity index (χ4v) is 2.67. The van der Waals surface area contributed by atoms with Crippen LogP contribution in [0.5, 0.6) is 0 Å². The maximum atomic E-state index is 11.3. The summed E-state index contributed by atoms with van der Waals surface area (Å²) in [6.45, 7) is 10.9. The van der Waals surface area contributed by atoms with Gasteiger partial charge >= 0.3 is 5.97 Å². The average Bonchev–Trinajstić information content (AvgIpc) is 2.82. The third kappa shape index (κ3) is 2.95. The molecule has 1 aromatic carbocycles. The highest BCUT2D eigenvalue weighted by atomic mass is 16.4. The third-order valence-corrected chi connectivity index (χ3v) is 4.07. The maximum absolute atomic E-state index is 11.3. The molecular formula is C17H23NO3. The molecule has 0 fully saturated rings. The molecule has 0 bridgehead atoms. The number of aryl methyl sites for hydroxylation is 2. The molecule has 114 valence electrons. The van der Waals surface area contributed by atoms with Crippen LogP contribution in [0.3, 0.4) is 0 Å². The van der Waals surface area contributed by atoms with Crippen molar-refractivity contribution in [1.82, 2.24) is 4.90 Å². The summed E-state index contributed by atoms with van der Waals surface area (Å²) in [5.74, 6) is -0.949. The van der Waals surface area contributed by atoms with Gasteiger partial charge in [-0.25, -0.2) is 4.79 Å². The molecule has 1 N–H and O–H groups in total. The van der Waals surface area contributed by atoms with Crippen molar-refractivity contribution >= 4 is 16.9 Å². The number of furan rings is 1. The number of carboxylic acid groups (broad SMARTS) is 1. The first-order valence-corrected chi connectivity index (χ1v) is 7.52. The van der Waals surface area contributed by atoms with Gasteiger partial charge in [0.05, 0.1) is 0 Å². The van der Waals surface area contributed by atoms with E-state index in [9.17, 15) is 9.90 Å². The molecule has 4 heteroatoms. The van der Waals surface area contributed by atoms with Crippen molar-refractivity contribution in [3.8, 4) is 0 Å². The van der Waals surface area contributed by atoms with Gasteiger partial charge in [0.1, 0.15) is 5.58 Å². The van der Waals surface area contributed by atoms with Crippen molar-refractivity contribution in [3.05, 3.63) is 34.6 Å². The van der Waals surface area contributed by atoms with E-state index in [2.05, 4.69) is 31.7 Å². The quantitative estimate of drug-likeness (QED) is 0.877. The molecular weight excluding hydrogens is 266 g/mol. The Labute approximate surface area is 125 Å². The molecule has 0 saturated heterocycles. The molecule has 1 aromatic heterocycles. The number of benzene rings is 1. The minimum absolute atomic E-state index is 0.0547. The van der Waals surface area contributed by atoms with Gasteiger partial charge < -0.3 is 9.52 Å². The summed E-state index contributed by atoms with van der Waals surface area (Å²) < 4.78 is 5.65. The SMILES string of the molecule is CCc1cc(CN(CC)CC)c2oc(C(=O)O)c(C)c2c1. The lowest BCUT2D eigenvalue weighted by Crippen LogP contribution is -2.22. The van der Waals surface area contributed by atoms with Gasteiger partial charge in [-0.05, 0) is 38.1 Å². The standard InChI is InChI=1S/C17H23NO3/c1-5-12-8-13(10-18(6-2)7-3)16-14(9-12)11(4)15(21-16)17(19)20/h8-9H,5-7,10H2,1-4H3,(H,19,20). The Morgan fingerprint density at radius 3 is 2.43 bits per heavy atom. The first-order valence-electron chi connectivity index (χ1n) is 7.52. The zero-order valence-electron chi connectivity index (χ0n) is 13.2. The van der Waals surface area contributed by atoms with E-state index in [4.69, 9.17) is 4.42 Å². The summed E-state index contributed by atoms with van der Waals surface area (Å²) in [6, 6.07) is 4.18. The molecule has 0 unspecified atom stereocenters. The summed E-state index contributed by atoms with van der Waals surface area (Å²) >= 11 is 0. The Morgan fingerprint density at radius 1 is 1.24 bits per heavy atom. The van der Waals surface area contributed by atoms with E-state index in [-0.39, 0.29) is 5.76 Å². The number of hydrogen-bond acceptors (Lipinski definition) is 3. The van der Waals surface area contributed by atoms with Crippen LogP contribution in [0.2, 0.25) is 0 Å². The summed E-state index contributed by atoms with van der Waals surface area (Å²) in [4.78, 5) is 13.6. The summed E-state index contributed by atoms with van der Waals surface area (Å²) in [6.07, 6.45) is 0.925. The van der Waals surface area contributed by atoms with Crippen LogP contribution >= 0.6 is 0 Å². The Hall–Kier alpha value is -1.81. The average molecular weight is 289 g/mol. The van der Waals surface area contributed by atoms with Crippen molar-refractivity contribution in [1.29, 1.82) is 0 Å². The molecule has 2 rings (SSSR count). The van der Waals surface area contributed by atoms with Gasteiger partial charge in [-0.15, -0.1) is 0 Å². The predicted octanol–water partition coefficient (Wildman–Crippen LogP) is 3.84. The lowest BCUT2D eigenvalue weighted by atomic mass is 10.0. The Morgan fingerprint density at radius 2 is 1.90 bits per heavy atom. The highest BCUT2D eigenvalue weighted by molar-refractivity contribution is 5.96. The maximum Gasteiger partial charge on any atom is 0.372 e. The Balaban J connectivity index is 2.62. The summed E-state index contributed by atoms with van der Waals surface area (Å²) in [5.41, 5.74) is 3.72. The van der Waals surface area contributed by atoms with Crippen LogP contribution < -0.4 is 0 Å². The van der Waals surface area contributed by atoms with Gasteiger partial charge in [-0.2, -0.15) is 0 Å². The van der Waals surface area contributed by atoms with Gasteiger partial charge in [0, 0.05) is 23.1 Å². The van der Waals surface area contributed by atoms with E-state index < -0.39 is 5.97 Å². The van der Waals surface area contributed by atoms with Crippen molar-refractivity contribution in [2.24, 2.45) is 0 Å². The zero-order chi connectivity index (χ0) is 15.6.